The monoisotopic (exact) mass is 293 g/mol. The zero-order valence-corrected chi connectivity index (χ0v) is 11.0. The highest BCUT2D eigenvalue weighted by atomic mass is 32.1. The molecular formula is C13H9F2N3OS. The molecule has 102 valence electrons. The SMILES string of the molecule is Nc1ccc(-c2nc(Cc3cc(F)cc(F)c3)no2)s1. The van der Waals surface area contributed by atoms with Crippen molar-refractivity contribution in [1.29, 1.82) is 0 Å². The van der Waals surface area contributed by atoms with Crippen LogP contribution >= 0.6 is 11.3 Å². The second kappa shape index (κ2) is 5.01. The Bertz CT molecular complexity index is 733. The summed E-state index contributed by atoms with van der Waals surface area (Å²) in [5, 5.41) is 4.44. The number of benzene rings is 1. The summed E-state index contributed by atoms with van der Waals surface area (Å²) in [7, 11) is 0. The molecule has 0 bridgehead atoms. The van der Waals surface area contributed by atoms with Crippen LogP contribution in [0.5, 0.6) is 0 Å². The van der Waals surface area contributed by atoms with E-state index in [1.807, 2.05) is 0 Å². The Hall–Kier alpha value is -2.28. The van der Waals surface area contributed by atoms with Crippen LogP contribution in [-0.2, 0) is 6.42 Å². The molecule has 1 aromatic carbocycles. The smallest absolute Gasteiger partial charge is 0.268 e. The fourth-order valence-corrected chi connectivity index (χ4v) is 2.49. The molecule has 0 saturated heterocycles. The van der Waals surface area contributed by atoms with Gasteiger partial charge < -0.3 is 10.3 Å². The van der Waals surface area contributed by atoms with E-state index in [0.29, 0.717) is 22.3 Å². The molecule has 2 N–H and O–H groups in total. The van der Waals surface area contributed by atoms with Crippen molar-refractivity contribution in [1.82, 2.24) is 10.1 Å². The zero-order valence-electron chi connectivity index (χ0n) is 10.1. The fourth-order valence-electron chi connectivity index (χ4n) is 1.79. The van der Waals surface area contributed by atoms with Crippen LogP contribution in [0.15, 0.2) is 34.9 Å². The van der Waals surface area contributed by atoms with Crippen LogP contribution in [0, 0.1) is 11.6 Å². The molecule has 7 heteroatoms. The predicted octanol–water partition coefficient (Wildman–Crippen LogP) is 3.25. The van der Waals surface area contributed by atoms with E-state index in [-0.39, 0.29) is 6.42 Å². The van der Waals surface area contributed by atoms with Gasteiger partial charge in [-0.05, 0) is 29.8 Å². The number of halogens is 2. The summed E-state index contributed by atoms with van der Waals surface area (Å²) in [4.78, 5) is 4.94. The van der Waals surface area contributed by atoms with Crippen LogP contribution in [0.3, 0.4) is 0 Å². The van der Waals surface area contributed by atoms with Crippen LogP contribution in [0.2, 0.25) is 0 Å². The lowest BCUT2D eigenvalue weighted by atomic mass is 10.1. The third kappa shape index (κ3) is 2.67. The van der Waals surface area contributed by atoms with Gasteiger partial charge in [0.1, 0.15) is 11.6 Å². The van der Waals surface area contributed by atoms with Crippen molar-refractivity contribution in [3.63, 3.8) is 0 Å². The van der Waals surface area contributed by atoms with Gasteiger partial charge in [0.15, 0.2) is 5.82 Å². The first kappa shape index (κ1) is 12.7. The lowest BCUT2D eigenvalue weighted by Crippen LogP contribution is -1.93. The molecule has 0 fully saturated rings. The van der Waals surface area contributed by atoms with Crippen LogP contribution in [-0.4, -0.2) is 10.1 Å². The van der Waals surface area contributed by atoms with Crippen molar-refractivity contribution in [3.8, 4) is 10.8 Å². The molecule has 0 radical (unpaired) electrons. The number of hydrogen-bond acceptors (Lipinski definition) is 5. The Balaban J connectivity index is 1.83. The molecule has 0 spiro atoms. The summed E-state index contributed by atoms with van der Waals surface area (Å²) < 4.78 is 31.3. The van der Waals surface area contributed by atoms with Crippen molar-refractivity contribution < 1.29 is 13.3 Å². The lowest BCUT2D eigenvalue weighted by Gasteiger charge is -1.97. The summed E-state index contributed by atoms with van der Waals surface area (Å²) >= 11 is 1.33. The van der Waals surface area contributed by atoms with Crippen LogP contribution < -0.4 is 5.73 Å². The molecule has 2 heterocycles. The minimum absolute atomic E-state index is 0.193. The standard InChI is InChI=1S/C13H9F2N3OS/c14-8-3-7(4-9(15)6-8)5-12-17-13(19-18-12)10-1-2-11(16)20-10/h1-4,6H,5,16H2. The first-order valence-electron chi connectivity index (χ1n) is 5.73. The quantitative estimate of drug-likeness (QED) is 0.805. The first-order valence-corrected chi connectivity index (χ1v) is 6.55. The summed E-state index contributed by atoms with van der Waals surface area (Å²) in [5.41, 5.74) is 6.07. The third-order valence-corrected chi connectivity index (χ3v) is 3.49. The minimum Gasteiger partial charge on any atom is -0.391 e. The van der Waals surface area contributed by atoms with E-state index >= 15 is 0 Å². The van der Waals surface area contributed by atoms with E-state index in [4.69, 9.17) is 10.3 Å². The largest absolute Gasteiger partial charge is 0.391 e. The van der Waals surface area contributed by atoms with Gasteiger partial charge in [0.05, 0.1) is 9.88 Å². The van der Waals surface area contributed by atoms with Gasteiger partial charge in [-0.2, -0.15) is 4.98 Å². The molecule has 4 nitrogen and oxygen atoms in total. The number of nitrogens with two attached hydrogens (primary N) is 1. The first-order chi connectivity index (χ1) is 9.60. The second-order valence-electron chi connectivity index (χ2n) is 4.17. The highest BCUT2D eigenvalue weighted by molar-refractivity contribution is 7.19. The Morgan fingerprint density at radius 1 is 1.15 bits per heavy atom. The summed E-state index contributed by atoms with van der Waals surface area (Å²) in [6.45, 7) is 0. The van der Waals surface area contributed by atoms with Crippen LogP contribution in [0.4, 0.5) is 13.8 Å². The lowest BCUT2D eigenvalue weighted by molar-refractivity contribution is 0.424. The maximum absolute atomic E-state index is 13.1. The number of nitrogens with zero attached hydrogens (tertiary/aromatic N) is 2. The van der Waals surface area contributed by atoms with Gasteiger partial charge in [0.2, 0.25) is 0 Å². The van der Waals surface area contributed by atoms with E-state index in [1.54, 1.807) is 12.1 Å². The van der Waals surface area contributed by atoms with Gasteiger partial charge in [-0.3, -0.25) is 0 Å². The van der Waals surface area contributed by atoms with E-state index < -0.39 is 11.6 Å². The number of rotatable bonds is 3. The van der Waals surface area contributed by atoms with Crippen molar-refractivity contribution in [2.45, 2.75) is 6.42 Å². The number of thiophene rings is 1. The Morgan fingerprint density at radius 2 is 1.90 bits per heavy atom. The summed E-state index contributed by atoms with van der Waals surface area (Å²) in [6, 6.07) is 6.81. The molecular weight excluding hydrogens is 284 g/mol. The summed E-state index contributed by atoms with van der Waals surface area (Å²) in [5.74, 6) is -0.556. The zero-order chi connectivity index (χ0) is 14.1. The maximum atomic E-state index is 13.1. The Morgan fingerprint density at radius 3 is 2.55 bits per heavy atom. The van der Waals surface area contributed by atoms with Gasteiger partial charge in [0.25, 0.3) is 5.89 Å². The van der Waals surface area contributed by atoms with Crippen LogP contribution in [0.1, 0.15) is 11.4 Å². The molecule has 0 amide bonds. The topological polar surface area (TPSA) is 64.9 Å². The van der Waals surface area contributed by atoms with Crippen molar-refractivity contribution in [3.05, 3.63) is 53.4 Å². The molecule has 0 aliphatic carbocycles. The Kier molecular flexibility index (Phi) is 3.19. The molecule has 0 unspecified atom stereocenters. The average molecular weight is 293 g/mol. The number of nitrogen functional groups attached to an aromatic ring is 1. The van der Waals surface area contributed by atoms with E-state index in [9.17, 15) is 8.78 Å². The van der Waals surface area contributed by atoms with E-state index in [0.717, 1.165) is 10.9 Å². The Labute approximate surface area is 116 Å². The minimum atomic E-state index is -0.630. The molecule has 0 aliphatic heterocycles. The summed E-state index contributed by atoms with van der Waals surface area (Å²) in [6.07, 6.45) is 0.193. The molecule has 0 aliphatic rings. The van der Waals surface area contributed by atoms with Crippen LogP contribution in [0.25, 0.3) is 10.8 Å². The average Bonchev–Trinajstić information content (AvgIpc) is 2.96. The number of aromatic nitrogens is 2. The van der Waals surface area contributed by atoms with E-state index in [2.05, 4.69) is 10.1 Å². The van der Waals surface area contributed by atoms with Gasteiger partial charge >= 0.3 is 0 Å². The number of hydrogen-bond donors (Lipinski definition) is 1. The van der Waals surface area contributed by atoms with Gasteiger partial charge in [-0.25, -0.2) is 8.78 Å². The van der Waals surface area contributed by atoms with Crippen molar-refractivity contribution in [2.75, 3.05) is 5.73 Å². The number of anilines is 1. The molecule has 20 heavy (non-hydrogen) atoms. The van der Waals surface area contributed by atoms with Gasteiger partial charge in [-0.1, -0.05) is 5.16 Å². The molecule has 0 atom stereocenters. The fraction of sp³-hybridized carbons (Fsp3) is 0.0769. The van der Waals surface area contributed by atoms with E-state index in [1.165, 1.54) is 23.5 Å². The molecule has 2 aromatic heterocycles. The van der Waals surface area contributed by atoms with Crippen molar-refractivity contribution >= 4 is 16.3 Å². The van der Waals surface area contributed by atoms with Crippen molar-refractivity contribution in [2.24, 2.45) is 0 Å². The third-order valence-electron chi connectivity index (χ3n) is 2.59. The van der Waals surface area contributed by atoms with Gasteiger partial charge in [-0.15, -0.1) is 11.3 Å². The molecule has 3 aromatic rings. The normalized spacial score (nSPS) is 10.9. The molecule has 3 rings (SSSR count). The second-order valence-corrected chi connectivity index (χ2v) is 5.29. The maximum Gasteiger partial charge on any atom is 0.268 e. The predicted molar refractivity (Wildman–Crippen MR) is 71.2 cm³/mol. The molecule has 0 saturated carbocycles. The highest BCUT2D eigenvalue weighted by Gasteiger charge is 2.12. The highest BCUT2D eigenvalue weighted by Crippen LogP contribution is 2.28. The van der Waals surface area contributed by atoms with Gasteiger partial charge in [0, 0.05) is 12.5 Å².